The molecule has 1 saturated heterocycles. The summed E-state index contributed by atoms with van der Waals surface area (Å²) in [6.45, 7) is 11.9. The molecule has 3 rings (SSSR count). The highest BCUT2D eigenvalue weighted by Crippen LogP contribution is 2.21. The number of aryl methyl sites for hydroxylation is 1. The van der Waals surface area contributed by atoms with E-state index in [1.54, 1.807) is 0 Å². The first-order chi connectivity index (χ1) is 13.5. The number of amides is 2. The molecule has 9 heteroatoms. The van der Waals surface area contributed by atoms with Crippen molar-refractivity contribution in [1.82, 2.24) is 24.8 Å². The zero-order valence-electron chi connectivity index (χ0n) is 17.9. The van der Waals surface area contributed by atoms with Crippen LogP contribution >= 0.6 is 0 Å². The van der Waals surface area contributed by atoms with Crippen LogP contribution in [0.25, 0.3) is 5.65 Å². The summed E-state index contributed by atoms with van der Waals surface area (Å²) in [5, 5.41) is 11.5. The second kappa shape index (κ2) is 7.62. The highest BCUT2D eigenvalue weighted by molar-refractivity contribution is 5.82. The molecule has 3 heterocycles. The summed E-state index contributed by atoms with van der Waals surface area (Å²) >= 11 is 0. The van der Waals surface area contributed by atoms with Gasteiger partial charge < -0.3 is 19.7 Å². The van der Waals surface area contributed by atoms with E-state index in [9.17, 15) is 9.59 Å². The van der Waals surface area contributed by atoms with Crippen molar-refractivity contribution in [1.29, 1.82) is 0 Å². The average Bonchev–Trinajstić information content (AvgIpc) is 3.06. The quantitative estimate of drug-likeness (QED) is 0.842. The second-order valence-electron chi connectivity index (χ2n) is 8.81. The van der Waals surface area contributed by atoms with Crippen LogP contribution in [0, 0.1) is 6.92 Å². The van der Waals surface area contributed by atoms with Crippen molar-refractivity contribution < 1.29 is 19.1 Å². The summed E-state index contributed by atoms with van der Waals surface area (Å²) in [6, 6.07) is 3.87. The molecular formula is C20H29N5O4. The Hall–Kier alpha value is -2.68. The minimum absolute atomic E-state index is 0.135. The van der Waals surface area contributed by atoms with Crippen molar-refractivity contribution in [3.05, 3.63) is 29.7 Å². The van der Waals surface area contributed by atoms with Crippen molar-refractivity contribution in [2.75, 3.05) is 19.7 Å². The summed E-state index contributed by atoms with van der Waals surface area (Å²) in [4.78, 5) is 26.7. The minimum atomic E-state index is -0.790. The molecule has 1 aliphatic rings. The van der Waals surface area contributed by atoms with E-state index in [1.807, 2.05) is 64.3 Å². The van der Waals surface area contributed by atoms with Crippen molar-refractivity contribution in [3.63, 3.8) is 0 Å². The fourth-order valence-corrected chi connectivity index (χ4v) is 3.22. The molecule has 0 aliphatic carbocycles. The monoisotopic (exact) mass is 403 g/mol. The zero-order chi connectivity index (χ0) is 21.4. The van der Waals surface area contributed by atoms with E-state index in [-0.39, 0.29) is 19.1 Å². The largest absolute Gasteiger partial charge is 0.444 e. The van der Waals surface area contributed by atoms with Gasteiger partial charge >= 0.3 is 6.09 Å². The van der Waals surface area contributed by atoms with Crippen molar-refractivity contribution in [2.24, 2.45) is 0 Å². The van der Waals surface area contributed by atoms with Gasteiger partial charge in [-0.15, -0.1) is 10.2 Å². The van der Waals surface area contributed by atoms with Gasteiger partial charge in [-0.25, -0.2) is 4.79 Å². The van der Waals surface area contributed by atoms with Crippen LogP contribution < -0.4 is 5.32 Å². The lowest BCUT2D eigenvalue weighted by Crippen LogP contribution is -2.55. The highest BCUT2D eigenvalue weighted by atomic mass is 16.6. The van der Waals surface area contributed by atoms with Crippen LogP contribution in [0.15, 0.2) is 18.3 Å². The SMILES string of the molecule is Cc1cccn2c(C(C)(C)NC(=O)[C@@H]3CN(C(=O)OC(C)(C)C)CCO3)nnc12. The maximum atomic E-state index is 12.9. The summed E-state index contributed by atoms with van der Waals surface area (Å²) in [5.74, 6) is 0.303. The summed E-state index contributed by atoms with van der Waals surface area (Å²) < 4.78 is 12.9. The molecule has 0 unspecified atom stereocenters. The number of rotatable bonds is 3. The molecule has 0 bridgehead atoms. The number of aromatic nitrogens is 3. The number of hydrogen-bond acceptors (Lipinski definition) is 6. The van der Waals surface area contributed by atoms with Gasteiger partial charge in [-0.1, -0.05) is 6.07 Å². The van der Waals surface area contributed by atoms with Gasteiger partial charge in [0.25, 0.3) is 5.91 Å². The third-order valence-corrected chi connectivity index (χ3v) is 4.64. The van der Waals surface area contributed by atoms with E-state index in [0.29, 0.717) is 12.4 Å². The lowest BCUT2D eigenvalue weighted by atomic mass is 10.0. The van der Waals surface area contributed by atoms with Gasteiger partial charge in [0, 0.05) is 12.7 Å². The number of ether oxygens (including phenoxy) is 2. The third-order valence-electron chi connectivity index (χ3n) is 4.64. The number of pyridine rings is 1. The second-order valence-corrected chi connectivity index (χ2v) is 8.81. The van der Waals surface area contributed by atoms with E-state index < -0.39 is 23.3 Å². The molecular weight excluding hydrogens is 374 g/mol. The van der Waals surface area contributed by atoms with Gasteiger partial charge in [0.1, 0.15) is 5.60 Å². The molecule has 2 amide bonds. The molecule has 2 aromatic rings. The van der Waals surface area contributed by atoms with Crippen LogP contribution in [0.3, 0.4) is 0 Å². The Morgan fingerprint density at radius 2 is 1.97 bits per heavy atom. The lowest BCUT2D eigenvalue weighted by Gasteiger charge is -2.35. The van der Waals surface area contributed by atoms with E-state index in [2.05, 4.69) is 15.5 Å². The van der Waals surface area contributed by atoms with Crippen molar-refractivity contribution >= 4 is 17.6 Å². The third kappa shape index (κ3) is 4.67. The summed E-state index contributed by atoms with van der Waals surface area (Å²) in [6.07, 6.45) is 0.640. The highest BCUT2D eigenvalue weighted by Gasteiger charge is 2.36. The summed E-state index contributed by atoms with van der Waals surface area (Å²) in [5.41, 5.74) is 0.357. The van der Waals surface area contributed by atoms with Gasteiger partial charge in [-0.3, -0.25) is 9.20 Å². The maximum absolute atomic E-state index is 12.9. The van der Waals surface area contributed by atoms with Crippen LogP contribution in [0.2, 0.25) is 0 Å². The molecule has 1 fully saturated rings. The minimum Gasteiger partial charge on any atom is -0.444 e. The smallest absolute Gasteiger partial charge is 0.410 e. The predicted molar refractivity (Wildman–Crippen MR) is 106 cm³/mol. The van der Waals surface area contributed by atoms with Gasteiger partial charge in [0.2, 0.25) is 0 Å². The number of nitrogens with one attached hydrogen (secondary N) is 1. The zero-order valence-corrected chi connectivity index (χ0v) is 17.9. The number of morpholine rings is 1. The van der Waals surface area contributed by atoms with E-state index in [4.69, 9.17) is 9.47 Å². The molecule has 9 nitrogen and oxygen atoms in total. The number of nitrogens with zero attached hydrogens (tertiary/aromatic N) is 4. The molecule has 0 saturated carbocycles. The van der Waals surface area contributed by atoms with Crippen LogP contribution in [0.5, 0.6) is 0 Å². The Labute approximate surface area is 170 Å². The molecule has 0 aromatic carbocycles. The van der Waals surface area contributed by atoms with Crippen molar-refractivity contribution in [3.8, 4) is 0 Å². The Bertz CT molecular complexity index is 915. The van der Waals surface area contributed by atoms with E-state index in [1.165, 1.54) is 4.90 Å². The first-order valence-electron chi connectivity index (χ1n) is 9.70. The predicted octanol–water partition coefficient (Wildman–Crippen LogP) is 2.02. The van der Waals surface area contributed by atoms with Gasteiger partial charge in [-0.2, -0.15) is 0 Å². The van der Waals surface area contributed by atoms with Gasteiger partial charge in [0.15, 0.2) is 17.6 Å². The normalized spacial score (nSPS) is 18.0. The molecule has 0 radical (unpaired) electrons. The fraction of sp³-hybridized carbons (Fsp3) is 0.600. The molecule has 1 atom stereocenters. The Kier molecular flexibility index (Phi) is 5.53. The molecule has 158 valence electrons. The van der Waals surface area contributed by atoms with E-state index >= 15 is 0 Å². The van der Waals surface area contributed by atoms with Crippen LogP contribution in [0.1, 0.15) is 46.0 Å². The number of carbonyl (C=O) groups excluding carboxylic acids is 2. The van der Waals surface area contributed by atoms with Crippen LogP contribution in [0.4, 0.5) is 4.79 Å². The van der Waals surface area contributed by atoms with E-state index in [0.717, 1.165) is 11.2 Å². The lowest BCUT2D eigenvalue weighted by molar-refractivity contribution is -0.139. The Balaban J connectivity index is 1.71. The van der Waals surface area contributed by atoms with Crippen molar-refractivity contribution in [2.45, 2.75) is 58.8 Å². The van der Waals surface area contributed by atoms with Crippen LogP contribution in [-0.4, -0.2) is 62.9 Å². The topological polar surface area (TPSA) is 98.1 Å². The van der Waals surface area contributed by atoms with Gasteiger partial charge in [-0.05, 0) is 53.2 Å². The first kappa shape index (κ1) is 21.0. The van der Waals surface area contributed by atoms with Gasteiger partial charge in [0.05, 0.1) is 18.7 Å². The number of hydrogen-bond donors (Lipinski definition) is 1. The fourth-order valence-electron chi connectivity index (χ4n) is 3.22. The molecule has 0 spiro atoms. The van der Waals surface area contributed by atoms with Crippen LogP contribution in [-0.2, 0) is 19.8 Å². The maximum Gasteiger partial charge on any atom is 0.410 e. The molecule has 29 heavy (non-hydrogen) atoms. The Morgan fingerprint density at radius 1 is 1.24 bits per heavy atom. The number of carbonyl (C=O) groups is 2. The number of fused-ring (bicyclic) bond motifs is 1. The molecule has 1 aliphatic heterocycles. The molecule has 2 aromatic heterocycles. The molecule has 1 N–H and O–H groups in total. The summed E-state index contributed by atoms with van der Waals surface area (Å²) in [7, 11) is 0. The average molecular weight is 403 g/mol. The standard InChI is InChI=1S/C20H29N5O4/c1-13-8-7-9-25-15(13)22-23-17(25)20(5,6)21-16(26)14-12-24(10-11-28-14)18(27)29-19(2,3)4/h7-9,14H,10-12H2,1-6H3,(H,21,26)/t14-/m0/s1. The first-order valence-corrected chi connectivity index (χ1v) is 9.70. The Morgan fingerprint density at radius 3 is 2.66 bits per heavy atom.